The molecule has 22 heavy (non-hydrogen) atoms. The summed E-state index contributed by atoms with van der Waals surface area (Å²) in [7, 11) is -0.538. The van der Waals surface area contributed by atoms with Crippen molar-refractivity contribution < 1.29 is 18.5 Å². The third-order valence-electron chi connectivity index (χ3n) is 4.44. The fraction of sp³-hybridized carbons (Fsp3) is 0.533. The fourth-order valence-corrected chi connectivity index (χ4v) is 2.38. The largest absolute Gasteiger partial charge is 0.494 e. The van der Waals surface area contributed by atoms with Gasteiger partial charge in [-0.2, -0.15) is 0 Å². The summed E-state index contributed by atoms with van der Waals surface area (Å²) in [4.78, 5) is 9.46. The summed E-state index contributed by atoms with van der Waals surface area (Å²) in [6.07, 6.45) is -0.692. The van der Waals surface area contributed by atoms with Gasteiger partial charge >= 0.3 is 7.12 Å². The van der Waals surface area contributed by atoms with Crippen LogP contribution in [0.1, 0.15) is 46.4 Å². The lowest BCUT2D eigenvalue weighted by Crippen LogP contribution is -2.41. The molecule has 1 aromatic rings. The Kier molecular flexibility index (Phi) is 3.54. The minimum Gasteiger partial charge on any atom is -0.399 e. The van der Waals surface area contributed by atoms with Crippen molar-refractivity contribution in [3.05, 3.63) is 29.6 Å². The number of nitrogens with zero attached hydrogens (tertiary/aromatic N) is 1. The molecule has 1 saturated heterocycles. The third kappa shape index (κ3) is 2.53. The smallest absolute Gasteiger partial charge is 0.399 e. The lowest BCUT2D eigenvalue weighted by Gasteiger charge is -2.32. The first-order valence-electron chi connectivity index (χ1n) is 7.31. The Morgan fingerprint density at radius 1 is 1.18 bits per heavy atom. The monoisotopic (exact) mass is 306 g/mol. The Balaban J connectivity index is 1.91. The molecule has 2 aliphatic heterocycles. The SMILES string of the molecule is CC1=NC(c2cc(B3OC(C)(C)C(C)(C)O3)ccc2F)ON1. The van der Waals surface area contributed by atoms with E-state index in [2.05, 4.69) is 10.5 Å². The summed E-state index contributed by atoms with van der Waals surface area (Å²) in [5.41, 5.74) is 2.86. The van der Waals surface area contributed by atoms with Crippen molar-refractivity contribution in [3.63, 3.8) is 0 Å². The number of aliphatic imine (C=N–C) groups is 1. The molecule has 118 valence electrons. The molecule has 2 aliphatic rings. The Morgan fingerprint density at radius 2 is 1.82 bits per heavy atom. The van der Waals surface area contributed by atoms with Crippen LogP contribution in [-0.2, 0) is 14.1 Å². The lowest BCUT2D eigenvalue weighted by molar-refractivity contribution is 0.00578. The third-order valence-corrected chi connectivity index (χ3v) is 4.44. The van der Waals surface area contributed by atoms with E-state index in [9.17, 15) is 4.39 Å². The number of rotatable bonds is 2. The van der Waals surface area contributed by atoms with Crippen molar-refractivity contribution in [3.8, 4) is 0 Å². The van der Waals surface area contributed by atoms with Gasteiger partial charge < -0.3 is 9.31 Å². The van der Waals surface area contributed by atoms with Crippen LogP contribution in [0.25, 0.3) is 0 Å². The maximum Gasteiger partial charge on any atom is 0.494 e. The molecule has 5 nitrogen and oxygen atoms in total. The van der Waals surface area contributed by atoms with Gasteiger partial charge in [-0.25, -0.2) is 14.2 Å². The molecule has 7 heteroatoms. The van der Waals surface area contributed by atoms with Crippen molar-refractivity contribution in [2.45, 2.75) is 52.0 Å². The van der Waals surface area contributed by atoms with E-state index in [-0.39, 0.29) is 5.82 Å². The van der Waals surface area contributed by atoms with E-state index in [1.165, 1.54) is 6.07 Å². The molecule has 1 aromatic carbocycles. The van der Waals surface area contributed by atoms with Crippen molar-refractivity contribution in [1.29, 1.82) is 0 Å². The van der Waals surface area contributed by atoms with Gasteiger partial charge in [-0.05, 0) is 46.1 Å². The van der Waals surface area contributed by atoms with Gasteiger partial charge in [-0.3, -0.25) is 5.48 Å². The first-order chi connectivity index (χ1) is 10.2. The molecule has 0 aliphatic carbocycles. The van der Waals surface area contributed by atoms with E-state index in [1.54, 1.807) is 19.1 Å². The van der Waals surface area contributed by atoms with Gasteiger partial charge in [0.2, 0.25) is 6.23 Å². The van der Waals surface area contributed by atoms with Crippen molar-refractivity contribution >= 4 is 18.4 Å². The zero-order chi connectivity index (χ0) is 16.1. The topological polar surface area (TPSA) is 52.1 Å². The van der Waals surface area contributed by atoms with Gasteiger partial charge in [0.15, 0.2) is 0 Å². The summed E-state index contributed by atoms with van der Waals surface area (Å²) < 4.78 is 26.1. The van der Waals surface area contributed by atoms with Crippen LogP contribution in [0.5, 0.6) is 0 Å². The summed E-state index contributed by atoms with van der Waals surface area (Å²) in [5, 5.41) is 0. The predicted molar refractivity (Wildman–Crippen MR) is 82.2 cm³/mol. The lowest BCUT2D eigenvalue weighted by atomic mass is 9.78. The minimum atomic E-state index is -0.692. The second-order valence-electron chi connectivity index (χ2n) is 6.66. The Labute approximate surface area is 130 Å². The van der Waals surface area contributed by atoms with Crippen LogP contribution in [0.3, 0.4) is 0 Å². The summed E-state index contributed by atoms with van der Waals surface area (Å²) in [5.74, 6) is 0.246. The highest BCUT2D eigenvalue weighted by atomic mass is 19.1. The van der Waals surface area contributed by atoms with Crippen LogP contribution in [0, 0.1) is 5.82 Å². The molecule has 1 atom stereocenters. The first-order valence-corrected chi connectivity index (χ1v) is 7.31. The summed E-state index contributed by atoms with van der Waals surface area (Å²) in [6.45, 7) is 9.68. The molecule has 0 bridgehead atoms. The second-order valence-corrected chi connectivity index (χ2v) is 6.66. The van der Waals surface area contributed by atoms with Crippen LogP contribution in [-0.4, -0.2) is 24.2 Å². The van der Waals surface area contributed by atoms with Gasteiger partial charge in [0.1, 0.15) is 11.7 Å². The summed E-state index contributed by atoms with van der Waals surface area (Å²) >= 11 is 0. The molecular weight excluding hydrogens is 286 g/mol. The molecule has 2 heterocycles. The normalized spacial score (nSPS) is 26.0. The highest BCUT2D eigenvalue weighted by molar-refractivity contribution is 6.62. The van der Waals surface area contributed by atoms with E-state index >= 15 is 0 Å². The molecule has 0 radical (unpaired) electrons. The average molecular weight is 306 g/mol. The standard InChI is InChI=1S/C15H20BFN2O3/c1-9-18-13(20-19-9)11-8-10(6-7-12(11)17)16-21-14(2,3)15(4,5)22-16/h6-8,13H,1-5H3,(H,18,19). The van der Waals surface area contributed by atoms with Crippen LogP contribution < -0.4 is 10.9 Å². The minimum absolute atomic E-state index is 0.358. The molecule has 1 fully saturated rings. The molecule has 0 aromatic heterocycles. The van der Waals surface area contributed by atoms with Crippen molar-refractivity contribution in [2.24, 2.45) is 4.99 Å². The van der Waals surface area contributed by atoms with Gasteiger partial charge in [0.25, 0.3) is 0 Å². The molecule has 1 N–H and O–H groups in total. The zero-order valence-corrected chi connectivity index (χ0v) is 13.4. The highest BCUT2D eigenvalue weighted by Gasteiger charge is 2.51. The van der Waals surface area contributed by atoms with Crippen molar-refractivity contribution in [2.75, 3.05) is 0 Å². The number of nitrogens with one attached hydrogen (secondary N) is 1. The van der Waals surface area contributed by atoms with E-state index in [0.29, 0.717) is 11.4 Å². The Hall–Kier alpha value is -1.44. The van der Waals surface area contributed by atoms with Crippen molar-refractivity contribution in [1.82, 2.24) is 5.48 Å². The average Bonchev–Trinajstić information content (AvgIpc) is 2.92. The molecule has 3 rings (SSSR count). The maximum atomic E-state index is 14.1. The van der Waals surface area contributed by atoms with E-state index in [4.69, 9.17) is 14.1 Å². The summed E-state index contributed by atoms with van der Waals surface area (Å²) in [6, 6.07) is 4.74. The Bertz CT molecular complexity index is 617. The molecule has 1 unspecified atom stereocenters. The van der Waals surface area contributed by atoms with E-state index in [1.807, 2.05) is 27.7 Å². The van der Waals surface area contributed by atoms with Gasteiger partial charge in [-0.1, -0.05) is 12.1 Å². The van der Waals surface area contributed by atoms with E-state index in [0.717, 1.165) is 5.46 Å². The van der Waals surface area contributed by atoms with Gasteiger partial charge in [0, 0.05) is 5.56 Å². The van der Waals surface area contributed by atoms with Gasteiger partial charge in [-0.15, -0.1) is 0 Å². The molecule has 0 saturated carbocycles. The maximum absolute atomic E-state index is 14.1. The Morgan fingerprint density at radius 3 is 2.36 bits per heavy atom. The molecule has 0 amide bonds. The number of hydrogen-bond donors (Lipinski definition) is 1. The molecular formula is C15H20BFN2O3. The van der Waals surface area contributed by atoms with Gasteiger partial charge in [0.05, 0.1) is 11.2 Å². The first kappa shape index (κ1) is 15.5. The zero-order valence-electron chi connectivity index (χ0n) is 13.4. The number of halogens is 1. The quantitative estimate of drug-likeness (QED) is 0.850. The van der Waals surface area contributed by atoms with Crippen LogP contribution in [0.4, 0.5) is 4.39 Å². The van der Waals surface area contributed by atoms with Crippen LogP contribution >= 0.6 is 0 Å². The number of amidine groups is 1. The van der Waals surface area contributed by atoms with Crippen LogP contribution in [0.2, 0.25) is 0 Å². The highest BCUT2D eigenvalue weighted by Crippen LogP contribution is 2.36. The second kappa shape index (κ2) is 5.04. The predicted octanol–water partition coefficient (Wildman–Crippen LogP) is 2.08. The fourth-order valence-electron chi connectivity index (χ4n) is 2.38. The number of hydroxylamine groups is 1. The molecule has 0 spiro atoms. The number of benzene rings is 1. The number of hydrogen-bond acceptors (Lipinski definition) is 5. The van der Waals surface area contributed by atoms with Crippen LogP contribution in [0.15, 0.2) is 23.2 Å². The van der Waals surface area contributed by atoms with E-state index < -0.39 is 24.5 Å².